The summed E-state index contributed by atoms with van der Waals surface area (Å²) in [5.41, 5.74) is 5.13. The summed E-state index contributed by atoms with van der Waals surface area (Å²) in [5, 5.41) is 3.30. The maximum atomic E-state index is 12.5. The zero-order chi connectivity index (χ0) is 17.9. The summed E-state index contributed by atoms with van der Waals surface area (Å²) >= 11 is 0. The van der Waals surface area contributed by atoms with E-state index >= 15 is 0 Å². The van der Waals surface area contributed by atoms with Crippen LogP contribution in [0.3, 0.4) is 0 Å². The zero-order valence-electron chi connectivity index (χ0n) is 14.4. The lowest BCUT2D eigenvalue weighted by Gasteiger charge is -2.05. The standard InChI is InChI=1S/C22H18N2O2/c1-2-26-22(25)20-18-11-7-4-8-12-19(18)24-21(20)23-17-13-15-9-5-3-6-10-16(15)14-17/h3-14H,2H2,1H3,(H,23,24). The normalized spacial score (nSPS) is 10.8. The fourth-order valence-electron chi connectivity index (χ4n) is 3.07. The molecule has 3 aliphatic carbocycles. The van der Waals surface area contributed by atoms with Gasteiger partial charge in [-0.05, 0) is 36.2 Å². The molecule has 0 fully saturated rings. The first kappa shape index (κ1) is 16.1. The van der Waals surface area contributed by atoms with Crippen molar-refractivity contribution in [2.75, 3.05) is 11.9 Å². The van der Waals surface area contributed by atoms with Gasteiger partial charge in [0.2, 0.25) is 0 Å². The lowest BCUT2D eigenvalue weighted by molar-refractivity contribution is 0.0528. The largest absolute Gasteiger partial charge is 0.462 e. The van der Waals surface area contributed by atoms with Gasteiger partial charge in [0.05, 0.1) is 12.3 Å². The number of fused-ring (bicyclic) bond motifs is 2. The van der Waals surface area contributed by atoms with Crippen LogP contribution in [0, 0.1) is 0 Å². The Morgan fingerprint density at radius 1 is 0.962 bits per heavy atom. The van der Waals surface area contributed by atoms with Crippen molar-refractivity contribution < 1.29 is 9.53 Å². The van der Waals surface area contributed by atoms with E-state index in [1.807, 2.05) is 60.7 Å². The van der Waals surface area contributed by atoms with Gasteiger partial charge in [-0.3, -0.25) is 0 Å². The van der Waals surface area contributed by atoms with Crippen molar-refractivity contribution in [1.29, 1.82) is 0 Å². The van der Waals surface area contributed by atoms with E-state index in [9.17, 15) is 4.79 Å². The zero-order valence-corrected chi connectivity index (χ0v) is 14.4. The van der Waals surface area contributed by atoms with Gasteiger partial charge in [0.1, 0.15) is 11.4 Å². The van der Waals surface area contributed by atoms with Crippen molar-refractivity contribution in [2.45, 2.75) is 6.92 Å². The summed E-state index contributed by atoms with van der Waals surface area (Å²) in [5.74, 6) is 0.149. The first-order valence-electron chi connectivity index (χ1n) is 8.58. The predicted octanol–water partition coefficient (Wildman–Crippen LogP) is 5.21. The van der Waals surface area contributed by atoms with Crippen LogP contribution in [0.2, 0.25) is 0 Å². The van der Waals surface area contributed by atoms with E-state index in [-0.39, 0.29) is 5.97 Å². The third-order valence-corrected chi connectivity index (χ3v) is 4.22. The van der Waals surface area contributed by atoms with Crippen molar-refractivity contribution in [2.24, 2.45) is 0 Å². The third kappa shape index (κ3) is 2.97. The molecule has 0 radical (unpaired) electrons. The minimum Gasteiger partial charge on any atom is -0.462 e. The topological polar surface area (TPSA) is 51.2 Å². The second-order valence-electron chi connectivity index (χ2n) is 5.96. The second kappa shape index (κ2) is 6.84. The highest BCUT2D eigenvalue weighted by molar-refractivity contribution is 6.04. The SMILES string of the molecule is CCOC(=O)c1c2cccccc-2nc1Nc1cc2cccccc-2c1. The Bertz CT molecular complexity index is 981. The molecular weight excluding hydrogens is 324 g/mol. The van der Waals surface area contributed by atoms with E-state index in [2.05, 4.69) is 22.4 Å². The molecule has 0 aromatic heterocycles. The number of aromatic nitrogens is 1. The van der Waals surface area contributed by atoms with E-state index < -0.39 is 0 Å². The van der Waals surface area contributed by atoms with Gasteiger partial charge >= 0.3 is 5.97 Å². The van der Waals surface area contributed by atoms with Crippen molar-refractivity contribution >= 4 is 17.5 Å². The average Bonchev–Trinajstić information content (AvgIpc) is 2.96. The monoisotopic (exact) mass is 342 g/mol. The molecule has 0 saturated carbocycles. The number of carbonyl (C=O) groups is 1. The first-order chi connectivity index (χ1) is 12.8. The van der Waals surface area contributed by atoms with Crippen LogP contribution in [0.15, 0.2) is 72.8 Å². The molecule has 0 aromatic rings. The Kier molecular flexibility index (Phi) is 4.23. The summed E-state index contributed by atoms with van der Waals surface area (Å²) in [7, 11) is 0. The van der Waals surface area contributed by atoms with Crippen molar-refractivity contribution in [3.63, 3.8) is 0 Å². The molecule has 4 nitrogen and oxygen atoms in total. The maximum absolute atomic E-state index is 12.5. The fourth-order valence-corrected chi connectivity index (χ4v) is 3.07. The van der Waals surface area contributed by atoms with Crippen LogP contribution in [-0.2, 0) is 4.74 Å². The molecule has 4 heteroatoms. The van der Waals surface area contributed by atoms with Crippen LogP contribution in [0.5, 0.6) is 0 Å². The number of nitrogens with one attached hydrogen (secondary N) is 1. The Morgan fingerprint density at radius 2 is 1.62 bits per heavy atom. The number of nitrogens with zero attached hydrogens (tertiary/aromatic N) is 1. The minimum absolute atomic E-state index is 0.320. The molecule has 1 aliphatic heterocycles. The van der Waals surface area contributed by atoms with E-state index in [4.69, 9.17) is 4.74 Å². The number of hydrogen-bond donors (Lipinski definition) is 1. The second-order valence-corrected chi connectivity index (χ2v) is 5.96. The summed E-state index contributed by atoms with van der Waals surface area (Å²) in [6.07, 6.45) is 0. The summed E-state index contributed by atoms with van der Waals surface area (Å²) in [4.78, 5) is 17.2. The molecular formula is C22H18N2O2. The highest BCUT2D eigenvalue weighted by atomic mass is 16.5. The van der Waals surface area contributed by atoms with Gasteiger partial charge in [-0.2, -0.15) is 0 Å². The third-order valence-electron chi connectivity index (χ3n) is 4.22. The lowest BCUT2D eigenvalue weighted by Crippen LogP contribution is -2.07. The molecule has 4 rings (SSSR count). The quantitative estimate of drug-likeness (QED) is 0.517. The Hall–Kier alpha value is -3.40. The van der Waals surface area contributed by atoms with Gasteiger partial charge in [0.25, 0.3) is 0 Å². The van der Waals surface area contributed by atoms with Crippen molar-refractivity contribution in [1.82, 2.24) is 4.98 Å². The number of rotatable bonds is 4. The molecule has 4 aliphatic rings. The number of anilines is 2. The molecule has 0 unspecified atom stereocenters. The molecule has 128 valence electrons. The van der Waals surface area contributed by atoms with Crippen molar-refractivity contribution in [3.8, 4) is 22.4 Å². The van der Waals surface area contributed by atoms with Gasteiger partial charge in [-0.25, -0.2) is 9.78 Å². The van der Waals surface area contributed by atoms with Crippen LogP contribution in [-0.4, -0.2) is 17.6 Å². The molecule has 1 N–H and O–H groups in total. The summed E-state index contributed by atoms with van der Waals surface area (Å²) in [6.45, 7) is 2.12. The Morgan fingerprint density at radius 3 is 2.31 bits per heavy atom. The van der Waals surface area contributed by atoms with Crippen molar-refractivity contribution in [3.05, 3.63) is 78.4 Å². The maximum Gasteiger partial charge on any atom is 0.342 e. The smallest absolute Gasteiger partial charge is 0.342 e. The minimum atomic E-state index is -0.369. The Balaban J connectivity index is 1.80. The molecule has 0 amide bonds. The number of esters is 1. The van der Waals surface area contributed by atoms with Gasteiger partial charge in [-0.15, -0.1) is 0 Å². The molecule has 0 bridgehead atoms. The predicted molar refractivity (Wildman–Crippen MR) is 103 cm³/mol. The van der Waals surface area contributed by atoms with Crippen LogP contribution >= 0.6 is 0 Å². The van der Waals surface area contributed by atoms with Gasteiger partial charge in [0, 0.05) is 11.3 Å². The average molecular weight is 342 g/mol. The number of carbonyl (C=O) groups excluding carboxylic acids is 1. The van der Waals surface area contributed by atoms with Crippen LogP contribution in [0.1, 0.15) is 17.3 Å². The van der Waals surface area contributed by atoms with Gasteiger partial charge < -0.3 is 10.1 Å². The van der Waals surface area contributed by atoms with E-state index in [1.54, 1.807) is 6.92 Å². The summed E-state index contributed by atoms with van der Waals surface area (Å²) < 4.78 is 5.26. The number of hydrogen-bond acceptors (Lipinski definition) is 4. The molecule has 0 saturated heterocycles. The molecule has 0 atom stereocenters. The fraction of sp³-hybridized carbons (Fsp3) is 0.0909. The van der Waals surface area contributed by atoms with E-state index in [0.29, 0.717) is 18.0 Å². The van der Waals surface area contributed by atoms with Crippen LogP contribution in [0.4, 0.5) is 11.5 Å². The molecule has 0 aromatic carbocycles. The molecule has 1 heterocycles. The highest BCUT2D eigenvalue weighted by Crippen LogP contribution is 2.36. The molecule has 26 heavy (non-hydrogen) atoms. The lowest BCUT2D eigenvalue weighted by atomic mass is 10.1. The van der Waals surface area contributed by atoms with E-state index in [0.717, 1.165) is 28.1 Å². The van der Waals surface area contributed by atoms with Gasteiger partial charge in [0.15, 0.2) is 0 Å². The molecule has 0 spiro atoms. The summed E-state index contributed by atoms with van der Waals surface area (Å²) in [6, 6.07) is 23.7. The Labute approximate surface area is 152 Å². The van der Waals surface area contributed by atoms with Gasteiger partial charge in [-0.1, -0.05) is 54.6 Å². The van der Waals surface area contributed by atoms with Crippen LogP contribution in [0.25, 0.3) is 22.4 Å². The van der Waals surface area contributed by atoms with E-state index in [1.165, 1.54) is 0 Å². The highest BCUT2D eigenvalue weighted by Gasteiger charge is 2.24. The first-order valence-corrected chi connectivity index (χ1v) is 8.58. The number of ether oxygens (including phenoxy) is 1. The van der Waals surface area contributed by atoms with Crippen LogP contribution < -0.4 is 5.32 Å².